The summed E-state index contributed by atoms with van der Waals surface area (Å²) in [7, 11) is 0. The third-order valence-electron chi connectivity index (χ3n) is 5.73. The quantitative estimate of drug-likeness (QED) is 0.833. The van der Waals surface area contributed by atoms with Crippen LogP contribution in [0.15, 0.2) is 36.5 Å². The highest BCUT2D eigenvalue weighted by Gasteiger charge is 2.33. The number of anilines is 1. The van der Waals surface area contributed by atoms with E-state index >= 15 is 0 Å². The van der Waals surface area contributed by atoms with Gasteiger partial charge in [0, 0.05) is 30.9 Å². The van der Waals surface area contributed by atoms with Gasteiger partial charge in [0.1, 0.15) is 12.4 Å². The molecule has 154 valence electrons. The van der Waals surface area contributed by atoms with E-state index in [1.807, 2.05) is 12.1 Å². The minimum Gasteiger partial charge on any atom is -0.443 e. The van der Waals surface area contributed by atoms with E-state index in [2.05, 4.69) is 41.9 Å². The molecule has 1 aliphatic heterocycles. The second-order valence-electron chi connectivity index (χ2n) is 8.14. The van der Waals surface area contributed by atoms with Crippen LogP contribution in [-0.2, 0) is 16.1 Å². The molecule has 2 aromatic heterocycles. The molecule has 29 heavy (non-hydrogen) atoms. The molecule has 0 aromatic carbocycles. The van der Waals surface area contributed by atoms with Gasteiger partial charge >= 0.3 is 6.09 Å². The van der Waals surface area contributed by atoms with E-state index in [0.717, 1.165) is 43.1 Å². The number of morpholine rings is 1. The third kappa shape index (κ3) is 4.67. The topological polar surface area (TPSA) is 90.6 Å². The Morgan fingerprint density at radius 1 is 1.21 bits per heavy atom. The van der Waals surface area contributed by atoms with Gasteiger partial charge in [0.15, 0.2) is 0 Å². The Labute approximate surface area is 171 Å². The molecule has 2 aromatic rings. The second kappa shape index (κ2) is 8.37. The fourth-order valence-electron chi connectivity index (χ4n) is 4.31. The highest BCUT2D eigenvalue weighted by Crippen LogP contribution is 2.47. The van der Waals surface area contributed by atoms with Crippen molar-refractivity contribution < 1.29 is 14.3 Å². The Morgan fingerprint density at radius 2 is 1.97 bits per heavy atom. The molecule has 0 unspecified atom stereocenters. The Morgan fingerprint density at radius 3 is 2.69 bits per heavy atom. The summed E-state index contributed by atoms with van der Waals surface area (Å²) in [6, 6.07) is 10.4. The zero-order valence-corrected chi connectivity index (χ0v) is 17.0. The summed E-state index contributed by atoms with van der Waals surface area (Å²) in [6.07, 6.45) is 3.55. The lowest BCUT2D eigenvalue weighted by Gasteiger charge is -2.38. The first kappa shape index (κ1) is 19.6. The molecule has 2 atom stereocenters. The fraction of sp³-hybridized carbons (Fsp3) is 0.500. The number of pyridine rings is 2. The number of ether oxygens (including phenoxy) is 2. The smallest absolute Gasteiger partial charge is 0.404 e. The van der Waals surface area contributed by atoms with Crippen molar-refractivity contribution in [1.29, 1.82) is 0 Å². The lowest BCUT2D eigenvalue weighted by atomic mass is 9.70. The predicted octanol–water partition coefficient (Wildman–Crippen LogP) is 3.35. The van der Waals surface area contributed by atoms with Crippen molar-refractivity contribution in [2.24, 2.45) is 5.73 Å². The number of hydrogen-bond acceptors (Lipinski definition) is 6. The van der Waals surface area contributed by atoms with Crippen LogP contribution in [-0.4, -0.2) is 41.4 Å². The number of aromatic nitrogens is 2. The number of carbonyl (C=O) groups is 1. The van der Waals surface area contributed by atoms with Crippen LogP contribution in [0.4, 0.5) is 10.6 Å². The molecule has 0 radical (unpaired) electrons. The highest BCUT2D eigenvalue weighted by atomic mass is 16.5. The monoisotopic (exact) mass is 396 g/mol. The third-order valence-corrected chi connectivity index (χ3v) is 5.73. The van der Waals surface area contributed by atoms with E-state index in [1.165, 1.54) is 5.56 Å². The molecule has 0 bridgehead atoms. The average Bonchev–Trinajstić information content (AvgIpc) is 2.65. The lowest BCUT2D eigenvalue weighted by molar-refractivity contribution is -0.00547. The van der Waals surface area contributed by atoms with Crippen molar-refractivity contribution in [3.63, 3.8) is 0 Å². The first-order chi connectivity index (χ1) is 14.0. The van der Waals surface area contributed by atoms with Crippen molar-refractivity contribution in [3.8, 4) is 0 Å². The first-order valence-electron chi connectivity index (χ1n) is 10.2. The van der Waals surface area contributed by atoms with Crippen molar-refractivity contribution >= 4 is 11.9 Å². The van der Waals surface area contributed by atoms with Crippen molar-refractivity contribution in [1.82, 2.24) is 9.97 Å². The summed E-state index contributed by atoms with van der Waals surface area (Å²) in [5.41, 5.74) is 8.15. The summed E-state index contributed by atoms with van der Waals surface area (Å²) in [4.78, 5) is 22.3. The standard InChI is InChI=1S/C22H28N4O3/c1-14-11-26(12-15(2)29-14)21-5-3-4-20(25-21)18-8-17(9-18)16-6-7-24-19(10-16)13-28-22(23)27/h3-7,10,14-15,17-18H,8-9,11-13H2,1-2H3,(H2,23,27)/t14-,15+,17?,18?. The molecule has 1 saturated carbocycles. The molecule has 4 rings (SSSR count). The Kier molecular flexibility index (Phi) is 5.67. The minimum absolute atomic E-state index is 0.110. The number of rotatable bonds is 5. The molecule has 1 saturated heterocycles. The van der Waals surface area contributed by atoms with Gasteiger partial charge in [-0.2, -0.15) is 0 Å². The zero-order valence-electron chi connectivity index (χ0n) is 17.0. The van der Waals surface area contributed by atoms with Gasteiger partial charge in [-0.05, 0) is 62.4 Å². The number of hydrogen-bond donors (Lipinski definition) is 1. The molecule has 7 nitrogen and oxygen atoms in total. The largest absolute Gasteiger partial charge is 0.443 e. The van der Waals surface area contributed by atoms with E-state index in [0.29, 0.717) is 11.8 Å². The van der Waals surface area contributed by atoms with Gasteiger partial charge in [-0.15, -0.1) is 0 Å². The van der Waals surface area contributed by atoms with Crippen molar-refractivity contribution in [3.05, 3.63) is 53.5 Å². The minimum atomic E-state index is -0.782. The molecule has 1 aliphatic carbocycles. The maximum absolute atomic E-state index is 10.8. The first-order valence-corrected chi connectivity index (χ1v) is 10.2. The van der Waals surface area contributed by atoms with Crippen LogP contribution in [0.3, 0.4) is 0 Å². The van der Waals surface area contributed by atoms with Crippen LogP contribution in [0.1, 0.15) is 55.5 Å². The molecule has 2 aliphatic rings. The van der Waals surface area contributed by atoms with Gasteiger partial charge < -0.3 is 20.1 Å². The zero-order chi connectivity index (χ0) is 20.4. The number of carbonyl (C=O) groups excluding carboxylic acids is 1. The molecule has 2 fully saturated rings. The Balaban J connectivity index is 1.39. The SMILES string of the molecule is C[C@@H]1CN(c2cccc(C3CC(c4ccnc(COC(N)=O)c4)C3)n2)C[C@H](C)O1. The van der Waals surface area contributed by atoms with Gasteiger partial charge in [-0.1, -0.05) is 6.07 Å². The molecule has 2 N–H and O–H groups in total. The average molecular weight is 396 g/mol. The van der Waals surface area contributed by atoms with Crippen LogP contribution in [0, 0.1) is 0 Å². The summed E-state index contributed by atoms with van der Waals surface area (Å²) in [5.74, 6) is 1.99. The molecule has 7 heteroatoms. The van der Waals surface area contributed by atoms with Gasteiger partial charge in [-0.3, -0.25) is 4.98 Å². The van der Waals surface area contributed by atoms with E-state index in [9.17, 15) is 4.79 Å². The summed E-state index contributed by atoms with van der Waals surface area (Å²) in [5, 5.41) is 0. The summed E-state index contributed by atoms with van der Waals surface area (Å²) < 4.78 is 10.7. The van der Waals surface area contributed by atoms with Crippen LogP contribution in [0.5, 0.6) is 0 Å². The van der Waals surface area contributed by atoms with E-state index in [1.54, 1.807) is 6.20 Å². The maximum atomic E-state index is 10.8. The maximum Gasteiger partial charge on any atom is 0.404 e. The number of nitrogens with zero attached hydrogens (tertiary/aromatic N) is 3. The van der Waals surface area contributed by atoms with Gasteiger partial charge in [-0.25, -0.2) is 9.78 Å². The predicted molar refractivity (Wildman–Crippen MR) is 110 cm³/mol. The van der Waals surface area contributed by atoms with E-state index in [4.69, 9.17) is 20.2 Å². The van der Waals surface area contributed by atoms with Crippen LogP contribution in [0.2, 0.25) is 0 Å². The lowest BCUT2D eigenvalue weighted by Crippen LogP contribution is -2.45. The van der Waals surface area contributed by atoms with Gasteiger partial charge in [0.2, 0.25) is 0 Å². The molecular weight excluding hydrogens is 368 g/mol. The van der Waals surface area contributed by atoms with Gasteiger partial charge in [0.25, 0.3) is 0 Å². The van der Waals surface area contributed by atoms with Crippen molar-refractivity contribution in [2.45, 2.75) is 57.3 Å². The Hall–Kier alpha value is -2.67. The number of primary amides is 1. The van der Waals surface area contributed by atoms with Crippen LogP contribution in [0.25, 0.3) is 0 Å². The van der Waals surface area contributed by atoms with E-state index < -0.39 is 6.09 Å². The van der Waals surface area contributed by atoms with Crippen LogP contribution >= 0.6 is 0 Å². The van der Waals surface area contributed by atoms with Crippen molar-refractivity contribution in [2.75, 3.05) is 18.0 Å². The van der Waals surface area contributed by atoms with E-state index in [-0.39, 0.29) is 18.8 Å². The van der Waals surface area contributed by atoms with Gasteiger partial charge in [0.05, 0.1) is 17.9 Å². The normalized spacial score (nSPS) is 26.6. The highest BCUT2D eigenvalue weighted by molar-refractivity contribution is 5.64. The molecule has 3 heterocycles. The number of amides is 1. The molecule has 0 spiro atoms. The summed E-state index contributed by atoms with van der Waals surface area (Å²) in [6.45, 7) is 6.09. The summed E-state index contributed by atoms with van der Waals surface area (Å²) >= 11 is 0. The second-order valence-corrected chi connectivity index (χ2v) is 8.14. The Bertz CT molecular complexity index is 859. The van der Waals surface area contributed by atoms with Crippen LogP contribution < -0.4 is 10.6 Å². The molecule has 1 amide bonds. The molecular formula is C22H28N4O3. The number of nitrogens with two attached hydrogens (primary N) is 1. The fourth-order valence-corrected chi connectivity index (χ4v) is 4.31.